The molecule has 0 spiro atoms. The van der Waals surface area contributed by atoms with Crippen LogP contribution in [0.3, 0.4) is 0 Å². The first-order valence-electron chi connectivity index (χ1n) is 5.23. The van der Waals surface area contributed by atoms with E-state index in [1.54, 1.807) is 11.3 Å². The van der Waals surface area contributed by atoms with Gasteiger partial charge in [-0.05, 0) is 37.8 Å². The molecule has 1 aromatic heterocycles. The van der Waals surface area contributed by atoms with Crippen LogP contribution in [0.15, 0.2) is 16.4 Å². The maximum absolute atomic E-state index is 5.91. The van der Waals surface area contributed by atoms with Gasteiger partial charge < -0.3 is 10.6 Å². The van der Waals surface area contributed by atoms with Crippen molar-refractivity contribution < 1.29 is 0 Å². The summed E-state index contributed by atoms with van der Waals surface area (Å²) in [6.07, 6.45) is 0. The minimum atomic E-state index is 0.352. The summed E-state index contributed by atoms with van der Waals surface area (Å²) < 4.78 is 0. The van der Waals surface area contributed by atoms with Crippen LogP contribution < -0.4 is 5.73 Å². The summed E-state index contributed by atoms with van der Waals surface area (Å²) >= 11 is 1.80. The molecule has 15 heavy (non-hydrogen) atoms. The number of thiophene rings is 1. The Hall–Kier alpha value is -1.03. The Morgan fingerprint density at radius 2 is 2.33 bits per heavy atom. The van der Waals surface area contributed by atoms with Gasteiger partial charge in [0, 0.05) is 10.9 Å². The molecule has 1 unspecified atom stereocenters. The van der Waals surface area contributed by atoms with Crippen LogP contribution in [0.4, 0.5) is 0 Å². The minimum absolute atomic E-state index is 0.352. The van der Waals surface area contributed by atoms with Gasteiger partial charge in [-0.2, -0.15) is 0 Å². The first kappa shape index (κ1) is 10.5. The maximum Gasteiger partial charge on any atom is 0.192 e. The highest BCUT2D eigenvalue weighted by Crippen LogP contribution is 2.32. The van der Waals surface area contributed by atoms with Crippen LogP contribution >= 0.6 is 11.3 Å². The number of rotatable bonds is 2. The van der Waals surface area contributed by atoms with E-state index in [-0.39, 0.29) is 0 Å². The lowest BCUT2D eigenvalue weighted by atomic mass is 10.1. The van der Waals surface area contributed by atoms with E-state index in [9.17, 15) is 0 Å². The third-order valence-corrected chi connectivity index (χ3v) is 3.91. The molecule has 82 valence electrons. The van der Waals surface area contributed by atoms with Gasteiger partial charge in [0.15, 0.2) is 5.96 Å². The number of nitrogens with two attached hydrogens (primary N) is 1. The summed E-state index contributed by atoms with van der Waals surface area (Å²) in [5.41, 5.74) is 7.25. The first-order valence-corrected chi connectivity index (χ1v) is 6.11. The van der Waals surface area contributed by atoms with Crippen LogP contribution in [0.25, 0.3) is 0 Å². The fourth-order valence-corrected chi connectivity index (χ4v) is 3.09. The van der Waals surface area contributed by atoms with Gasteiger partial charge in [0.2, 0.25) is 0 Å². The molecule has 0 amide bonds. The summed E-state index contributed by atoms with van der Waals surface area (Å²) in [5, 5.41) is 2.14. The quantitative estimate of drug-likeness (QED) is 0.834. The molecule has 0 bridgehead atoms. The summed E-state index contributed by atoms with van der Waals surface area (Å²) in [5.74, 6) is 0.683. The SMILES string of the molecule is Cc1ccsc1C1CN=C(N)N1C(C)C. The van der Waals surface area contributed by atoms with Gasteiger partial charge in [-0.1, -0.05) is 0 Å². The third kappa shape index (κ3) is 1.74. The van der Waals surface area contributed by atoms with Crippen molar-refractivity contribution in [3.63, 3.8) is 0 Å². The summed E-state index contributed by atoms with van der Waals surface area (Å²) in [6, 6.07) is 2.92. The predicted molar refractivity (Wildman–Crippen MR) is 65.3 cm³/mol. The number of hydrogen-bond donors (Lipinski definition) is 1. The van der Waals surface area contributed by atoms with Crippen molar-refractivity contribution in [2.75, 3.05) is 6.54 Å². The van der Waals surface area contributed by atoms with Crippen LogP contribution in [-0.4, -0.2) is 23.4 Å². The largest absolute Gasteiger partial charge is 0.370 e. The van der Waals surface area contributed by atoms with Crippen LogP contribution in [0.2, 0.25) is 0 Å². The Bertz CT molecular complexity index is 381. The van der Waals surface area contributed by atoms with E-state index in [1.807, 2.05) is 0 Å². The number of nitrogens with zero attached hydrogens (tertiary/aromatic N) is 2. The molecule has 0 aliphatic carbocycles. The summed E-state index contributed by atoms with van der Waals surface area (Å²) in [7, 11) is 0. The zero-order valence-electron chi connectivity index (χ0n) is 9.40. The molecule has 0 aromatic carbocycles. The van der Waals surface area contributed by atoms with E-state index < -0.39 is 0 Å². The van der Waals surface area contributed by atoms with Crippen molar-refractivity contribution in [1.82, 2.24) is 4.90 Å². The van der Waals surface area contributed by atoms with Crippen LogP contribution in [0.5, 0.6) is 0 Å². The van der Waals surface area contributed by atoms with Gasteiger partial charge in [-0.3, -0.25) is 4.99 Å². The second-order valence-corrected chi connectivity index (χ2v) is 5.13. The second kappa shape index (κ2) is 3.85. The molecule has 2 heterocycles. The standard InChI is InChI=1S/C11H17N3S/c1-7(2)14-9(6-13-11(14)12)10-8(3)4-5-15-10/h4-5,7,9H,6H2,1-3H3,(H2,12,13). The van der Waals surface area contributed by atoms with Gasteiger partial charge in [0.25, 0.3) is 0 Å². The van der Waals surface area contributed by atoms with E-state index in [2.05, 4.69) is 42.1 Å². The fourth-order valence-electron chi connectivity index (χ4n) is 2.07. The summed E-state index contributed by atoms with van der Waals surface area (Å²) in [4.78, 5) is 7.95. The second-order valence-electron chi connectivity index (χ2n) is 4.18. The predicted octanol–water partition coefficient (Wildman–Crippen LogP) is 2.14. The zero-order chi connectivity index (χ0) is 11.0. The molecular weight excluding hydrogens is 206 g/mol. The average molecular weight is 223 g/mol. The molecule has 1 atom stereocenters. The van der Waals surface area contributed by atoms with Gasteiger partial charge in [0.05, 0.1) is 12.6 Å². The Balaban J connectivity index is 2.29. The van der Waals surface area contributed by atoms with Crippen LogP contribution in [-0.2, 0) is 0 Å². The van der Waals surface area contributed by atoms with E-state index >= 15 is 0 Å². The van der Waals surface area contributed by atoms with Gasteiger partial charge in [-0.25, -0.2) is 0 Å². The Labute approximate surface area is 94.6 Å². The van der Waals surface area contributed by atoms with Crippen LogP contribution in [0.1, 0.15) is 30.3 Å². The molecule has 0 saturated heterocycles. The fraction of sp³-hybridized carbons (Fsp3) is 0.545. The van der Waals surface area contributed by atoms with Crippen molar-refractivity contribution in [2.24, 2.45) is 10.7 Å². The van der Waals surface area contributed by atoms with E-state index in [0.717, 1.165) is 6.54 Å². The van der Waals surface area contributed by atoms with Crippen molar-refractivity contribution in [3.8, 4) is 0 Å². The molecule has 4 heteroatoms. The highest BCUT2D eigenvalue weighted by atomic mass is 32.1. The molecule has 0 radical (unpaired) electrons. The maximum atomic E-state index is 5.91. The summed E-state index contributed by atoms with van der Waals surface area (Å²) in [6.45, 7) is 7.26. The molecule has 3 nitrogen and oxygen atoms in total. The van der Waals surface area contributed by atoms with Gasteiger partial charge >= 0.3 is 0 Å². The van der Waals surface area contributed by atoms with Crippen molar-refractivity contribution in [3.05, 3.63) is 21.9 Å². The lowest BCUT2D eigenvalue weighted by Crippen LogP contribution is -2.40. The number of hydrogen-bond acceptors (Lipinski definition) is 4. The van der Waals surface area contributed by atoms with Gasteiger partial charge in [0.1, 0.15) is 0 Å². The topological polar surface area (TPSA) is 41.6 Å². The molecular formula is C11H17N3S. The van der Waals surface area contributed by atoms with Crippen molar-refractivity contribution >= 4 is 17.3 Å². The first-order chi connectivity index (χ1) is 7.11. The van der Waals surface area contributed by atoms with Crippen LogP contribution in [0, 0.1) is 6.92 Å². The lowest BCUT2D eigenvalue weighted by Gasteiger charge is -2.29. The Morgan fingerprint density at radius 3 is 2.87 bits per heavy atom. The molecule has 0 fully saturated rings. The monoisotopic (exact) mass is 223 g/mol. The lowest BCUT2D eigenvalue weighted by molar-refractivity contribution is 0.293. The number of aryl methyl sites for hydroxylation is 1. The van der Waals surface area contributed by atoms with E-state index in [1.165, 1.54) is 10.4 Å². The third-order valence-electron chi connectivity index (χ3n) is 2.79. The Morgan fingerprint density at radius 1 is 1.60 bits per heavy atom. The smallest absolute Gasteiger partial charge is 0.192 e. The normalized spacial score (nSPS) is 21.2. The van der Waals surface area contributed by atoms with Crippen molar-refractivity contribution in [2.45, 2.75) is 32.9 Å². The zero-order valence-corrected chi connectivity index (χ0v) is 10.2. The van der Waals surface area contributed by atoms with E-state index in [0.29, 0.717) is 18.0 Å². The minimum Gasteiger partial charge on any atom is -0.370 e. The molecule has 0 saturated carbocycles. The molecule has 1 aliphatic rings. The number of aliphatic imine (C=N–C) groups is 1. The molecule has 1 aromatic rings. The van der Waals surface area contributed by atoms with Gasteiger partial charge in [-0.15, -0.1) is 11.3 Å². The molecule has 1 aliphatic heterocycles. The molecule has 2 N–H and O–H groups in total. The molecule has 2 rings (SSSR count). The van der Waals surface area contributed by atoms with E-state index in [4.69, 9.17) is 5.73 Å². The Kier molecular flexibility index (Phi) is 2.69. The van der Waals surface area contributed by atoms with Crippen molar-refractivity contribution in [1.29, 1.82) is 0 Å². The highest BCUT2D eigenvalue weighted by molar-refractivity contribution is 7.10. The number of guanidine groups is 1. The average Bonchev–Trinajstić information content (AvgIpc) is 2.71. The highest BCUT2D eigenvalue weighted by Gasteiger charge is 2.30.